The molecule has 7 nitrogen and oxygen atoms in total. The highest BCUT2D eigenvalue weighted by Gasteiger charge is 2.27. The van der Waals surface area contributed by atoms with Crippen molar-refractivity contribution in [3.05, 3.63) is 43.0 Å². The predicted molar refractivity (Wildman–Crippen MR) is 116 cm³/mol. The zero-order valence-corrected chi connectivity index (χ0v) is 17.0. The molecule has 1 saturated carbocycles. The summed E-state index contributed by atoms with van der Waals surface area (Å²) in [4.78, 5) is 15.7. The third-order valence-corrected chi connectivity index (χ3v) is 6.29. The Morgan fingerprint density at radius 2 is 1.80 bits per heavy atom. The Kier molecular flexibility index (Phi) is 5.46. The number of pyridine rings is 1. The molecule has 0 unspecified atom stereocenters. The maximum absolute atomic E-state index is 9.76. The predicted octanol–water partition coefficient (Wildman–Crippen LogP) is 3.45. The number of nitrogens with zero attached hydrogens (tertiary/aromatic N) is 4. The second kappa shape index (κ2) is 8.53. The van der Waals surface area contributed by atoms with E-state index in [2.05, 4.69) is 31.2 Å². The molecule has 5 rings (SSSR count). The molecule has 1 aromatic carbocycles. The summed E-state index contributed by atoms with van der Waals surface area (Å²) in [7, 11) is 0. The number of rotatable bonds is 4. The van der Waals surface area contributed by atoms with Gasteiger partial charge in [0.2, 0.25) is 0 Å². The number of hydrogen-bond acceptors (Lipinski definition) is 7. The summed E-state index contributed by atoms with van der Waals surface area (Å²) in [6.07, 6.45) is 9.52. The molecule has 156 valence electrons. The minimum Gasteiger partial charge on any atom is -0.506 e. The van der Waals surface area contributed by atoms with E-state index in [4.69, 9.17) is 4.74 Å². The molecular formula is C23H27N5O2. The monoisotopic (exact) mass is 405 g/mol. The van der Waals surface area contributed by atoms with E-state index in [1.807, 2.05) is 12.1 Å². The molecule has 2 aliphatic rings. The molecule has 0 bridgehead atoms. The zero-order chi connectivity index (χ0) is 20.3. The number of aromatic hydroxyl groups is 1. The van der Waals surface area contributed by atoms with Crippen molar-refractivity contribution in [3.8, 4) is 16.9 Å². The van der Waals surface area contributed by atoms with Crippen molar-refractivity contribution in [3.63, 3.8) is 0 Å². The van der Waals surface area contributed by atoms with Crippen LogP contribution >= 0.6 is 0 Å². The molecule has 0 amide bonds. The Morgan fingerprint density at radius 1 is 0.967 bits per heavy atom. The third-order valence-electron chi connectivity index (χ3n) is 6.29. The number of nitrogens with one attached hydrogen (secondary N) is 1. The minimum atomic E-state index is 0.160. The van der Waals surface area contributed by atoms with Crippen LogP contribution in [-0.2, 0) is 4.74 Å². The van der Waals surface area contributed by atoms with Gasteiger partial charge in [-0.2, -0.15) is 0 Å². The summed E-state index contributed by atoms with van der Waals surface area (Å²) in [5.74, 6) is 1.04. The number of ether oxygens (including phenoxy) is 1. The Morgan fingerprint density at radius 3 is 2.60 bits per heavy atom. The number of benzene rings is 1. The van der Waals surface area contributed by atoms with Crippen molar-refractivity contribution in [2.24, 2.45) is 0 Å². The van der Waals surface area contributed by atoms with Gasteiger partial charge >= 0.3 is 0 Å². The summed E-state index contributed by atoms with van der Waals surface area (Å²) >= 11 is 0. The first-order valence-corrected chi connectivity index (χ1v) is 10.7. The fraction of sp³-hybridized carbons (Fsp3) is 0.435. The lowest BCUT2D eigenvalue weighted by Gasteiger charge is -2.39. The highest BCUT2D eigenvalue weighted by Crippen LogP contribution is 2.30. The van der Waals surface area contributed by atoms with Gasteiger partial charge in [0.05, 0.1) is 24.9 Å². The number of anilines is 1. The van der Waals surface area contributed by atoms with Crippen molar-refractivity contribution in [2.45, 2.75) is 37.8 Å². The van der Waals surface area contributed by atoms with Gasteiger partial charge in [-0.1, -0.05) is 6.07 Å². The Labute approximate surface area is 176 Å². The standard InChI is InChI=1S/C23H27N5O2/c29-20-11-17(13-24-14-20)16-1-6-22-21(12-16)23(26-15-25-22)27-18-2-4-19(5-3-18)28-7-9-30-10-8-28/h1,6,11-15,18-19,29H,2-5,7-10H2,(H,25,26,27). The van der Waals surface area contributed by atoms with E-state index >= 15 is 0 Å². The van der Waals surface area contributed by atoms with Gasteiger partial charge in [0.15, 0.2) is 0 Å². The van der Waals surface area contributed by atoms with Crippen LogP contribution in [0.5, 0.6) is 5.75 Å². The average molecular weight is 406 g/mol. The molecule has 1 saturated heterocycles. The van der Waals surface area contributed by atoms with E-state index < -0.39 is 0 Å². The van der Waals surface area contributed by atoms with Gasteiger partial charge in [-0.05, 0) is 49.4 Å². The van der Waals surface area contributed by atoms with E-state index in [1.165, 1.54) is 19.0 Å². The van der Waals surface area contributed by atoms with E-state index in [0.29, 0.717) is 12.1 Å². The Balaban J connectivity index is 1.32. The SMILES string of the molecule is Oc1cncc(-c2ccc3ncnc(NC4CCC(N5CCOCC5)CC4)c3c2)c1. The van der Waals surface area contributed by atoms with Gasteiger partial charge < -0.3 is 15.2 Å². The number of fused-ring (bicyclic) bond motifs is 1. The van der Waals surface area contributed by atoms with Gasteiger partial charge in [-0.25, -0.2) is 9.97 Å². The van der Waals surface area contributed by atoms with Crippen LogP contribution in [0.25, 0.3) is 22.0 Å². The Hall–Kier alpha value is -2.77. The van der Waals surface area contributed by atoms with Gasteiger partial charge in [0.1, 0.15) is 17.9 Å². The third kappa shape index (κ3) is 4.08. The highest BCUT2D eigenvalue weighted by atomic mass is 16.5. The van der Waals surface area contributed by atoms with E-state index in [1.54, 1.807) is 18.6 Å². The summed E-state index contributed by atoms with van der Waals surface area (Å²) < 4.78 is 5.49. The molecule has 2 aromatic heterocycles. The average Bonchev–Trinajstić information content (AvgIpc) is 2.80. The first-order chi connectivity index (χ1) is 14.8. The lowest BCUT2D eigenvalue weighted by Crippen LogP contribution is -2.46. The van der Waals surface area contributed by atoms with Crippen molar-refractivity contribution in [2.75, 3.05) is 31.6 Å². The van der Waals surface area contributed by atoms with Gasteiger partial charge in [0.25, 0.3) is 0 Å². The topological polar surface area (TPSA) is 83.4 Å². The molecule has 0 spiro atoms. The highest BCUT2D eigenvalue weighted by molar-refractivity contribution is 5.92. The molecule has 0 atom stereocenters. The summed E-state index contributed by atoms with van der Waals surface area (Å²) in [5, 5.41) is 14.4. The van der Waals surface area contributed by atoms with Crippen LogP contribution < -0.4 is 5.32 Å². The Bertz CT molecular complexity index is 1010. The molecule has 1 aliphatic heterocycles. The lowest BCUT2D eigenvalue weighted by atomic mass is 9.90. The van der Waals surface area contributed by atoms with Crippen LogP contribution in [0, 0.1) is 0 Å². The van der Waals surface area contributed by atoms with Crippen LogP contribution in [-0.4, -0.2) is 63.3 Å². The number of morpholine rings is 1. The van der Waals surface area contributed by atoms with Gasteiger partial charge in [-0.15, -0.1) is 0 Å². The van der Waals surface area contributed by atoms with Crippen LogP contribution in [0.15, 0.2) is 43.0 Å². The molecule has 0 radical (unpaired) electrons. The largest absolute Gasteiger partial charge is 0.506 e. The molecule has 3 heterocycles. The van der Waals surface area contributed by atoms with Gasteiger partial charge in [0, 0.05) is 42.3 Å². The molecule has 7 heteroatoms. The zero-order valence-electron chi connectivity index (χ0n) is 17.0. The first kappa shape index (κ1) is 19.2. The summed E-state index contributed by atoms with van der Waals surface area (Å²) in [6.45, 7) is 3.85. The minimum absolute atomic E-state index is 0.160. The van der Waals surface area contributed by atoms with Crippen molar-refractivity contribution >= 4 is 16.7 Å². The number of aromatic nitrogens is 3. The molecule has 30 heavy (non-hydrogen) atoms. The fourth-order valence-electron chi connectivity index (χ4n) is 4.66. The fourth-order valence-corrected chi connectivity index (χ4v) is 4.66. The summed E-state index contributed by atoms with van der Waals surface area (Å²) in [6, 6.07) is 8.90. The van der Waals surface area contributed by atoms with Crippen molar-refractivity contribution < 1.29 is 9.84 Å². The molecule has 2 fully saturated rings. The molecule has 1 aliphatic carbocycles. The quantitative estimate of drug-likeness (QED) is 0.688. The van der Waals surface area contributed by atoms with Gasteiger partial charge in [-0.3, -0.25) is 9.88 Å². The van der Waals surface area contributed by atoms with Crippen LogP contribution in [0.1, 0.15) is 25.7 Å². The molecule has 3 aromatic rings. The van der Waals surface area contributed by atoms with E-state index in [0.717, 1.165) is 67.0 Å². The van der Waals surface area contributed by atoms with Crippen LogP contribution in [0.3, 0.4) is 0 Å². The van der Waals surface area contributed by atoms with E-state index in [-0.39, 0.29) is 5.75 Å². The maximum atomic E-state index is 9.76. The lowest BCUT2D eigenvalue weighted by molar-refractivity contribution is 0.00791. The van der Waals surface area contributed by atoms with Crippen LogP contribution in [0.4, 0.5) is 5.82 Å². The summed E-state index contributed by atoms with van der Waals surface area (Å²) in [5.41, 5.74) is 2.77. The second-order valence-corrected chi connectivity index (χ2v) is 8.18. The van der Waals surface area contributed by atoms with E-state index in [9.17, 15) is 5.11 Å². The van der Waals surface area contributed by atoms with Crippen molar-refractivity contribution in [1.82, 2.24) is 19.9 Å². The molecule has 2 N–H and O–H groups in total. The number of hydrogen-bond donors (Lipinski definition) is 2. The molecular weight excluding hydrogens is 378 g/mol. The second-order valence-electron chi connectivity index (χ2n) is 8.18. The first-order valence-electron chi connectivity index (χ1n) is 10.7. The van der Waals surface area contributed by atoms with Crippen molar-refractivity contribution in [1.29, 1.82) is 0 Å². The van der Waals surface area contributed by atoms with Crippen LogP contribution in [0.2, 0.25) is 0 Å². The smallest absolute Gasteiger partial charge is 0.137 e. The maximum Gasteiger partial charge on any atom is 0.137 e. The normalized spacial score (nSPS) is 22.8.